The molecule has 252 valence electrons. The number of aliphatic hydroxyl groups excluding tert-OH is 1. The van der Waals surface area contributed by atoms with Gasteiger partial charge in [0.1, 0.15) is 12.6 Å². The number of alkyl carbamates (subject to hydrolysis) is 1. The van der Waals surface area contributed by atoms with E-state index in [0.717, 1.165) is 15.8 Å². The molecule has 0 aliphatic rings. The van der Waals surface area contributed by atoms with Gasteiger partial charge < -0.3 is 20.5 Å². The van der Waals surface area contributed by atoms with E-state index in [1.54, 1.807) is 17.6 Å². The van der Waals surface area contributed by atoms with Gasteiger partial charge >= 0.3 is 6.09 Å². The maximum absolute atomic E-state index is 13.9. The van der Waals surface area contributed by atoms with E-state index in [4.69, 9.17) is 4.74 Å². The van der Waals surface area contributed by atoms with Gasteiger partial charge in [0.25, 0.3) is 0 Å². The smallest absolute Gasteiger partial charge is 0.408 e. The number of thiazole rings is 1. The monoisotopic (exact) mass is 680 g/mol. The van der Waals surface area contributed by atoms with Gasteiger partial charge in [-0.15, -0.1) is 11.3 Å². The number of aromatic nitrogens is 1. The number of hydrogen-bond acceptors (Lipinski definition) is 8. The number of nitrogens with one attached hydrogen (secondary N) is 2. The minimum absolute atomic E-state index is 0.0383. The molecular weight excluding hydrogens is 637 g/mol. The Morgan fingerprint density at radius 3 is 2.19 bits per heavy atom. The summed E-state index contributed by atoms with van der Waals surface area (Å²) < 4.78 is 35.3. The third-order valence-electron chi connectivity index (χ3n) is 7.59. The van der Waals surface area contributed by atoms with Crippen molar-refractivity contribution in [2.45, 2.75) is 70.7 Å². The fourth-order valence-corrected chi connectivity index (χ4v) is 7.57. The highest BCUT2D eigenvalue weighted by Crippen LogP contribution is 2.26. The molecule has 4 aromatic rings. The second-order valence-corrected chi connectivity index (χ2v) is 15.9. The van der Waals surface area contributed by atoms with Gasteiger partial charge in [-0.05, 0) is 47.1 Å². The quantitative estimate of drug-likeness (QED) is 0.163. The number of carbonyl (C=O) groups excluding carboxylic acids is 2. The summed E-state index contributed by atoms with van der Waals surface area (Å²) in [4.78, 5) is 31.0. The summed E-state index contributed by atoms with van der Waals surface area (Å²) in [6.45, 7) is 9.19. The Kier molecular flexibility index (Phi) is 12.1. The molecule has 0 aliphatic heterocycles. The van der Waals surface area contributed by atoms with Crippen LogP contribution in [0, 0.1) is 11.3 Å². The normalized spacial score (nSPS) is 14.1. The summed E-state index contributed by atoms with van der Waals surface area (Å²) in [5.74, 6) is -0.564. The van der Waals surface area contributed by atoms with Gasteiger partial charge in [0.15, 0.2) is 0 Å². The number of aliphatic hydroxyl groups is 1. The van der Waals surface area contributed by atoms with Crippen LogP contribution in [0.15, 0.2) is 89.3 Å². The molecule has 0 radical (unpaired) electrons. The minimum atomic E-state index is -4.01. The Balaban J connectivity index is 1.56. The third-order valence-corrected chi connectivity index (χ3v) is 10.2. The lowest BCUT2D eigenvalue weighted by Gasteiger charge is -2.34. The Bertz CT molecular complexity index is 1720. The maximum atomic E-state index is 13.9. The molecule has 2 amide bonds. The van der Waals surface area contributed by atoms with Crippen molar-refractivity contribution in [3.05, 3.63) is 95.5 Å². The first kappa shape index (κ1) is 36.0. The highest BCUT2D eigenvalue weighted by atomic mass is 32.2. The molecule has 1 heterocycles. The van der Waals surface area contributed by atoms with Gasteiger partial charge in [0, 0.05) is 13.1 Å². The Morgan fingerprint density at radius 1 is 0.936 bits per heavy atom. The zero-order valence-corrected chi connectivity index (χ0v) is 29.1. The average Bonchev–Trinajstić information content (AvgIpc) is 3.50. The molecule has 0 spiro atoms. The number of benzene rings is 3. The fraction of sp³-hybridized carbons (Fsp3) is 0.400. The van der Waals surface area contributed by atoms with Gasteiger partial charge in [0.05, 0.1) is 32.8 Å². The lowest BCUT2D eigenvalue weighted by Crippen LogP contribution is -2.58. The van der Waals surface area contributed by atoms with Crippen molar-refractivity contribution < 1.29 is 27.9 Å². The number of hydrogen-bond donors (Lipinski definition) is 3. The minimum Gasteiger partial charge on any atom is -0.445 e. The molecule has 47 heavy (non-hydrogen) atoms. The van der Waals surface area contributed by atoms with E-state index in [2.05, 4.69) is 15.6 Å². The molecule has 0 fully saturated rings. The largest absolute Gasteiger partial charge is 0.445 e. The van der Waals surface area contributed by atoms with Crippen molar-refractivity contribution in [1.29, 1.82) is 0 Å². The molecule has 4 rings (SSSR count). The van der Waals surface area contributed by atoms with Crippen LogP contribution < -0.4 is 10.6 Å². The topological polar surface area (TPSA) is 138 Å². The molecule has 3 aromatic carbocycles. The van der Waals surface area contributed by atoms with E-state index in [1.807, 2.05) is 95.3 Å². The van der Waals surface area contributed by atoms with E-state index in [9.17, 15) is 23.1 Å². The Hall–Kier alpha value is -3.84. The van der Waals surface area contributed by atoms with Crippen LogP contribution in [-0.4, -0.2) is 66.1 Å². The number of sulfonamides is 1. The van der Waals surface area contributed by atoms with E-state index < -0.39 is 45.6 Å². The molecule has 10 nitrogen and oxygen atoms in total. The fourth-order valence-electron chi connectivity index (χ4n) is 5.13. The molecule has 12 heteroatoms. The van der Waals surface area contributed by atoms with Crippen LogP contribution >= 0.6 is 11.3 Å². The average molecular weight is 681 g/mol. The molecular formula is C35H44N4O6S2. The molecule has 3 N–H and O–H groups in total. The van der Waals surface area contributed by atoms with Gasteiger partial charge in [-0.3, -0.25) is 4.79 Å². The van der Waals surface area contributed by atoms with Gasteiger partial charge in [0.2, 0.25) is 15.9 Å². The summed E-state index contributed by atoms with van der Waals surface area (Å²) in [5.41, 5.74) is 3.30. The van der Waals surface area contributed by atoms with Gasteiger partial charge in [-0.2, -0.15) is 4.31 Å². The number of ether oxygens (including phenoxy) is 1. The first-order chi connectivity index (χ1) is 22.2. The van der Waals surface area contributed by atoms with Crippen molar-refractivity contribution in [1.82, 2.24) is 19.9 Å². The number of rotatable bonds is 14. The van der Waals surface area contributed by atoms with E-state index in [-0.39, 0.29) is 36.9 Å². The molecule has 0 saturated heterocycles. The van der Waals surface area contributed by atoms with Crippen LogP contribution in [0.3, 0.4) is 0 Å². The molecule has 3 atom stereocenters. The van der Waals surface area contributed by atoms with Crippen molar-refractivity contribution in [2.75, 3.05) is 13.1 Å². The highest BCUT2D eigenvalue weighted by molar-refractivity contribution is 7.89. The van der Waals surface area contributed by atoms with Crippen LogP contribution in [0.25, 0.3) is 10.2 Å². The highest BCUT2D eigenvalue weighted by Gasteiger charge is 2.37. The third kappa shape index (κ3) is 10.1. The van der Waals surface area contributed by atoms with Crippen LogP contribution in [-0.2, 0) is 32.6 Å². The SMILES string of the molecule is CC(C)CN(CC(O)C(Cc1ccccc1)NC(=O)C(NC(=O)OCc1ccccc1)C(C)(C)C)S(=O)(=O)c1ccc2ncsc2c1. The number of fused-ring (bicyclic) bond motifs is 1. The first-order valence-electron chi connectivity index (χ1n) is 15.6. The second kappa shape index (κ2) is 15.8. The summed E-state index contributed by atoms with van der Waals surface area (Å²) in [6, 6.07) is 21.4. The lowest BCUT2D eigenvalue weighted by atomic mass is 9.85. The van der Waals surface area contributed by atoms with E-state index in [0.29, 0.717) is 5.52 Å². The predicted molar refractivity (Wildman–Crippen MR) is 184 cm³/mol. The van der Waals surface area contributed by atoms with Crippen molar-refractivity contribution in [3.63, 3.8) is 0 Å². The lowest BCUT2D eigenvalue weighted by molar-refractivity contribution is -0.127. The van der Waals surface area contributed by atoms with E-state index in [1.165, 1.54) is 21.7 Å². The number of amides is 2. The predicted octanol–water partition coefficient (Wildman–Crippen LogP) is 5.37. The van der Waals surface area contributed by atoms with Crippen molar-refractivity contribution >= 4 is 43.6 Å². The summed E-state index contributed by atoms with van der Waals surface area (Å²) in [5, 5.41) is 17.3. The van der Waals surface area contributed by atoms with Crippen LogP contribution in [0.2, 0.25) is 0 Å². The van der Waals surface area contributed by atoms with Gasteiger partial charge in [-0.25, -0.2) is 18.2 Å². The van der Waals surface area contributed by atoms with E-state index >= 15 is 0 Å². The Morgan fingerprint density at radius 2 is 1.57 bits per heavy atom. The zero-order chi connectivity index (χ0) is 34.2. The van der Waals surface area contributed by atoms with Crippen LogP contribution in [0.1, 0.15) is 45.7 Å². The molecule has 3 unspecified atom stereocenters. The zero-order valence-electron chi connectivity index (χ0n) is 27.4. The maximum Gasteiger partial charge on any atom is 0.408 e. The summed E-state index contributed by atoms with van der Waals surface area (Å²) in [6.07, 6.45) is -1.81. The van der Waals surface area contributed by atoms with Crippen LogP contribution in [0.5, 0.6) is 0 Å². The number of nitrogens with zero attached hydrogens (tertiary/aromatic N) is 2. The molecule has 0 aliphatic carbocycles. The summed E-state index contributed by atoms with van der Waals surface area (Å²) >= 11 is 1.35. The van der Waals surface area contributed by atoms with Crippen molar-refractivity contribution in [2.24, 2.45) is 11.3 Å². The molecule has 0 saturated carbocycles. The number of carbonyl (C=O) groups is 2. The molecule has 0 bridgehead atoms. The first-order valence-corrected chi connectivity index (χ1v) is 17.9. The van der Waals surface area contributed by atoms with Crippen LogP contribution in [0.4, 0.5) is 4.79 Å². The van der Waals surface area contributed by atoms with Gasteiger partial charge in [-0.1, -0.05) is 95.3 Å². The Labute approximate surface area is 281 Å². The summed E-state index contributed by atoms with van der Waals surface area (Å²) in [7, 11) is -4.01. The standard InChI is InChI=1S/C35H44N4O6S2/c1-24(2)20-39(47(43,44)27-16-17-28-31(19-27)46-23-36-28)21-30(40)29(18-25-12-8-6-9-13-25)37-33(41)32(35(3,4)5)38-34(42)45-22-26-14-10-7-11-15-26/h6-17,19,23-24,29-30,32,40H,18,20-22H2,1-5H3,(H,37,41)(H,38,42). The molecule has 1 aromatic heterocycles. The van der Waals surface area contributed by atoms with Crippen molar-refractivity contribution in [3.8, 4) is 0 Å². The second-order valence-electron chi connectivity index (χ2n) is 13.1.